The average molecular weight is 348 g/mol. The Bertz CT molecular complexity index is 881. The van der Waals surface area contributed by atoms with Crippen LogP contribution in [-0.4, -0.2) is 25.1 Å². The Balaban J connectivity index is 1.94. The lowest BCUT2D eigenvalue weighted by molar-refractivity contribution is 0.0942. The van der Waals surface area contributed by atoms with Crippen LogP contribution in [0.5, 0.6) is 11.5 Å². The van der Waals surface area contributed by atoms with Crippen LogP contribution in [0.15, 0.2) is 73.1 Å². The quantitative estimate of drug-likeness (QED) is 0.739. The first-order chi connectivity index (χ1) is 12.7. The predicted molar refractivity (Wildman–Crippen MR) is 99.5 cm³/mol. The smallest absolute Gasteiger partial charge is 0.252 e. The van der Waals surface area contributed by atoms with E-state index in [1.807, 2.05) is 36.4 Å². The second kappa shape index (κ2) is 8.16. The fraction of sp³-hybridized carbons (Fsp3) is 0.143. The predicted octanol–water partition coefficient (Wildman–Crippen LogP) is 3.62. The van der Waals surface area contributed by atoms with Crippen LogP contribution < -0.4 is 14.8 Å². The number of hydrogen-bond donors (Lipinski definition) is 1. The number of benzene rings is 2. The Morgan fingerprint density at radius 2 is 1.62 bits per heavy atom. The lowest BCUT2D eigenvalue weighted by Gasteiger charge is -2.20. The molecule has 2 aromatic carbocycles. The van der Waals surface area contributed by atoms with Crippen molar-refractivity contribution in [2.75, 3.05) is 14.2 Å². The van der Waals surface area contributed by atoms with Crippen molar-refractivity contribution in [2.24, 2.45) is 0 Å². The monoisotopic (exact) mass is 348 g/mol. The minimum absolute atomic E-state index is 0.194. The number of nitrogens with one attached hydrogen (secondary N) is 1. The maximum Gasteiger partial charge on any atom is 0.252 e. The molecule has 0 bridgehead atoms. The standard InChI is InChI=1S/C21H20N2O3/c1-25-18-9-3-6-15(12-18)20(17-8-5-11-22-14-17)23-21(24)16-7-4-10-19(13-16)26-2/h3-14,20H,1-2H3,(H,23,24). The zero-order chi connectivity index (χ0) is 18.4. The number of rotatable bonds is 6. The summed E-state index contributed by atoms with van der Waals surface area (Å²) < 4.78 is 10.5. The van der Waals surface area contributed by atoms with Crippen molar-refractivity contribution in [3.05, 3.63) is 89.7 Å². The summed E-state index contributed by atoms with van der Waals surface area (Å²) in [6, 6.07) is 18.1. The molecule has 5 heteroatoms. The van der Waals surface area contributed by atoms with Gasteiger partial charge in [-0.3, -0.25) is 9.78 Å². The minimum atomic E-state index is -0.350. The normalized spacial score (nSPS) is 11.5. The van der Waals surface area contributed by atoms with Gasteiger partial charge in [-0.2, -0.15) is 0 Å². The van der Waals surface area contributed by atoms with Gasteiger partial charge >= 0.3 is 0 Å². The molecule has 0 spiro atoms. The Morgan fingerprint density at radius 3 is 2.31 bits per heavy atom. The molecule has 1 amide bonds. The Kier molecular flexibility index (Phi) is 5.49. The number of methoxy groups -OCH3 is 2. The summed E-state index contributed by atoms with van der Waals surface area (Å²) in [7, 11) is 3.19. The number of aromatic nitrogens is 1. The number of nitrogens with zero attached hydrogens (tertiary/aromatic N) is 1. The molecule has 0 saturated carbocycles. The fourth-order valence-corrected chi connectivity index (χ4v) is 2.71. The molecule has 3 rings (SSSR count). The van der Waals surface area contributed by atoms with Crippen LogP contribution >= 0.6 is 0 Å². The molecule has 26 heavy (non-hydrogen) atoms. The summed E-state index contributed by atoms with van der Waals surface area (Å²) in [5.41, 5.74) is 2.33. The van der Waals surface area contributed by atoms with Crippen molar-refractivity contribution in [3.8, 4) is 11.5 Å². The average Bonchev–Trinajstić information content (AvgIpc) is 2.72. The van der Waals surface area contributed by atoms with Crippen LogP contribution in [0.25, 0.3) is 0 Å². The van der Waals surface area contributed by atoms with Gasteiger partial charge in [0.25, 0.3) is 5.91 Å². The third-order valence-corrected chi connectivity index (χ3v) is 4.05. The molecule has 132 valence electrons. The largest absolute Gasteiger partial charge is 0.497 e. The first-order valence-electron chi connectivity index (χ1n) is 8.20. The Labute approximate surface area is 152 Å². The van der Waals surface area contributed by atoms with Gasteiger partial charge in [0.2, 0.25) is 0 Å². The van der Waals surface area contributed by atoms with Gasteiger partial charge in [0.15, 0.2) is 0 Å². The molecule has 0 fully saturated rings. The van der Waals surface area contributed by atoms with Crippen molar-refractivity contribution >= 4 is 5.91 Å². The minimum Gasteiger partial charge on any atom is -0.497 e. The molecule has 0 aliphatic carbocycles. The van der Waals surface area contributed by atoms with Crippen LogP contribution in [0.3, 0.4) is 0 Å². The molecule has 0 saturated heterocycles. The molecule has 3 aromatic rings. The van der Waals surface area contributed by atoms with Gasteiger partial charge in [0.05, 0.1) is 20.3 Å². The highest BCUT2D eigenvalue weighted by Gasteiger charge is 2.19. The lowest BCUT2D eigenvalue weighted by Crippen LogP contribution is -2.29. The SMILES string of the molecule is COc1cccc(C(=O)NC(c2cccnc2)c2cccc(OC)c2)c1. The third kappa shape index (κ3) is 4.00. The van der Waals surface area contributed by atoms with Crippen LogP contribution in [0, 0.1) is 0 Å². The Hall–Kier alpha value is -3.34. The zero-order valence-corrected chi connectivity index (χ0v) is 14.7. The van der Waals surface area contributed by atoms with Crippen molar-refractivity contribution in [3.63, 3.8) is 0 Å². The van der Waals surface area contributed by atoms with Crippen LogP contribution in [-0.2, 0) is 0 Å². The van der Waals surface area contributed by atoms with Gasteiger partial charge in [0, 0.05) is 18.0 Å². The highest BCUT2D eigenvalue weighted by Crippen LogP contribution is 2.25. The van der Waals surface area contributed by atoms with E-state index in [1.54, 1.807) is 50.9 Å². The number of ether oxygens (including phenoxy) is 2. The van der Waals surface area contributed by atoms with Gasteiger partial charge in [-0.05, 0) is 47.5 Å². The van der Waals surface area contributed by atoms with Crippen LogP contribution in [0.1, 0.15) is 27.5 Å². The van der Waals surface area contributed by atoms with E-state index >= 15 is 0 Å². The van der Waals surface area contributed by atoms with Crippen LogP contribution in [0.2, 0.25) is 0 Å². The van der Waals surface area contributed by atoms with E-state index in [4.69, 9.17) is 9.47 Å². The molecule has 1 aromatic heterocycles. The molecule has 5 nitrogen and oxygen atoms in total. The third-order valence-electron chi connectivity index (χ3n) is 4.05. The van der Waals surface area contributed by atoms with E-state index in [9.17, 15) is 4.79 Å². The first-order valence-corrected chi connectivity index (χ1v) is 8.20. The second-order valence-electron chi connectivity index (χ2n) is 5.70. The van der Waals surface area contributed by atoms with E-state index in [-0.39, 0.29) is 11.9 Å². The fourth-order valence-electron chi connectivity index (χ4n) is 2.71. The Morgan fingerprint density at radius 1 is 0.923 bits per heavy atom. The van der Waals surface area contributed by atoms with E-state index in [2.05, 4.69) is 10.3 Å². The van der Waals surface area contributed by atoms with E-state index < -0.39 is 0 Å². The number of amides is 1. The van der Waals surface area contributed by atoms with Crippen molar-refractivity contribution in [1.82, 2.24) is 10.3 Å². The number of carbonyl (C=O) groups excluding carboxylic acids is 1. The summed E-state index contributed by atoms with van der Waals surface area (Å²) in [5.74, 6) is 1.17. The molecule has 1 N–H and O–H groups in total. The van der Waals surface area contributed by atoms with Crippen molar-refractivity contribution < 1.29 is 14.3 Å². The summed E-state index contributed by atoms with van der Waals surface area (Å²) in [6.45, 7) is 0. The molecule has 1 unspecified atom stereocenters. The van der Waals surface area contributed by atoms with Gasteiger partial charge in [-0.25, -0.2) is 0 Å². The maximum atomic E-state index is 12.8. The summed E-state index contributed by atoms with van der Waals surface area (Å²) in [4.78, 5) is 17.0. The van der Waals surface area contributed by atoms with Crippen molar-refractivity contribution in [2.45, 2.75) is 6.04 Å². The van der Waals surface area contributed by atoms with E-state index in [1.165, 1.54) is 0 Å². The molecule has 1 heterocycles. The molecular weight excluding hydrogens is 328 g/mol. The highest BCUT2D eigenvalue weighted by molar-refractivity contribution is 5.95. The summed E-state index contributed by atoms with van der Waals surface area (Å²) in [5, 5.41) is 3.08. The molecule has 1 atom stereocenters. The van der Waals surface area contributed by atoms with Crippen LogP contribution in [0.4, 0.5) is 0 Å². The summed E-state index contributed by atoms with van der Waals surface area (Å²) in [6.07, 6.45) is 3.45. The number of pyridine rings is 1. The summed E-state index contributed by atoms with van der Waals surface area (Å²) >= 11 is 0. The van der Waals surface area contributed by atoms with Gasteiger partial charge in [-0.15, -0.1) is 0 Å². The molecule has 0 aliphatic rings. The molecule has 0 radical (unpaired) electrons. The van der Waals surface area contributed by atoms with E-state index in [0.29, 0.717) is 11.3 Å². The molecule has 0 aliphatic heterocycles. The highest BCUT2D eigenvalue weighted by atomic mass is 16.5. The number of hydrogen-bond acceptors (Lipinski definition) is 4. The second-order valence-corrected chi connectivity index (χ2v) is 5.70. The van der Waals surface area contributed by atoms with Crippen molar-refractivity contribution in [1.29, 1.82) is 0 Å². The first kappa shape index (κ1) is 17.5. The van der Waals surface area contributed by atoms with Gasteiger partial charge in [0.1, 0.15) is 11.5 Å². The van der Waals surface area contributed by atoms with Gasteiger partial charge < -0.3 is 14.8 Å². The zero-order valence-electron chi connectivity index (χ0n) is 14.7. The number of carbonyl (C=O) groups is 1. The lowest BCUT2D eigenvalue weighted by atomic mass is 9.99. The molecular formula is C21H20N2O3. The maximum absolute atomic E-state index is 12.8. The van der Waals surface area contributed by atoms with Gasteiger partial charge in [-0.1, -0.05) is 24.3 Å². The van der Waals surface area contributed by atoms with E-state index in [0.717, 1.165) is 16.9 Å². The topological polar surface area (TPSA) is 60.5 Å².